The van der Waals surface area contributed by atoms with Crippen LogP contribution < -0.4 is 10.9 Å². The second-order valence-electron chi connectivity index (χ2n) is 6.96. The van der Waals surface area contributed by atoms with Crippen molar-refractivity contribution in [3.05, 3.63) is 29.3 Å². The monoisotopic (exact) mass is 340 g/mol. The van der Waals surface area contributed by atoms with Crippen molar-refractivity contribution in [1.29, 1.82) is 0 Å². The third-order valence-electron chi connectivity index (χ3n) is 3.88. The van der Waals surface area contributed by atoms with E-state index in [-0.39, 0.29) is 0 Å². The Morgan fingerprint density at radius 2 is 1.65 bits per heavy atom. The van der Waals surface area contributed by atoms with E-state index >= 15 is 0 Å². The molecule has 130 valence electrons. The molecule has 0 unspecified atom stereocenters. The van der Waals surface area contributed by atoms with Crippen molar-refractivity contribution in [3.63, 3.8) is 0 Å². The number of hydrazine groups is 1. The number of amides is 1. The Morgan fingerprint density at radius 3 is 2.13 bits per heavy atom. The number of nitrogens with one attached hydrogen (secondary N) is 2. The summed E-state index contributed by atoms with van der Waals surface area (Å²) in [6, 6.07) is 7.14. The Hall–Kier alpha value is -1.26. The zero-order valence-corrected chi connectivity index (χ0v) is 15.3. The van der Waals surface area contributed by atoms with Crippen molar-refractivity contribution < 1.29 is 9.90 Å². The maximum atomic E-state index is 12.5. The van der Waals surface area contributed by atoms with Gasteiger partial charge in [-0.2, -0.15) is 0 Å². The smallest absolute Gasteiger partial charge is 0.270 e. The molecule has 0 heterocycles. The second-order valence-corrected chi connectivity index (χ2v) is 7.36. The molecular formula is C18H29ClN2O2. The van der Waals surface area contributed by atoms with Gasteiger partial charge in [-0.15, -0.1) is 0 Å². The first-order valence-corrected chi connectivity index (χ1v) is 8.66. The van der Waals surface area contributed by atoms with Crippen molar-refractivity contribution in [2.24, 2.45) is 11.8 Å². The summed E-state index contributed by atoms with van der Waals surface area (Å²) in [6.07, 6.45) is 2.50. The molecule has 1 rings (SSSR count). The molecule has 1 amide bonds. The molecule has 1 aromatic carbocycles. The summed E-state index contributed by atoms with van der Waals surface area (Å²) in [5.74, 6) is 0.466. The number of aliphatic hydroxyl groups is 1. The summed E-state index contributed by atoms with van der Waals surface area (Å²) in [5, 5.41) is 11.4. The molecule has 0 saturated carbocycles. The molecule has 4 nitrogen and oxygen atoms in total. The van der Waals surface area contributed by atoms with Crippen molar-refractivity contribution in [3.8, 4) is 0 Å². The zero-order valence-electron chi connectivity index (χ0n) is 14.5. The zero-order chi connectivity index (χ0) is 17.5. The number of halogens is 1. The van der Waals surface area contributed by atoms with Crippen LogP contribution in [0.5, 0.6) is 0 Å². The highest BCUT2D eigenvalue weighted by atomic mass is 35.5. The van der Waals surface area contributed by atoms with E-state index in [1.165, 1.54) is 0 Å². The van der Waals surface area contributed by atoms with Gasteiger partial charge in [0.25, 0.3) is 5.91 Å². The molecule has 1 aromatic rings. The number of carbonyl (C=O) groups is 1. The Labute approximate surface area is 144 Å². The van der Waals surface area contributed by atoms with E-state index in [2.05, 4.69) is 38.5 Å². The van der Waals surface area contributed by atoms with Gasteiger partial charge in [0.2, 0.25) is 0 Å². The molecule has 0 aliphatic rings. The van der Waals surface area contributed by atoms with Crippen molar-refractivity contribution in [2.75, 3.05) is 5.43 Å². The lowest BCUT2D eigenvalue weighted by molar-refractivity contribution is -0.141. The molecule has 0 radical (unpaired) electrons. The highest BCUT2D eigenvalue weighted by Gasteiger charge is 2.35. The molecular weight excluding hydrogens is 312 g/mol. The number of para-hydroxylation sites is 1. The number of carbonyl (C=O) groups excluding carboxylic acids is 1. The Kier molecular flexibility index (Phi) is 7.86. The maximum absolute atomic E-state index is 12.5. The average Bonchev–Trinajstić information content (AvgIpc) is 2.49. The molecule has 5 heteroatoms. The third kappa shape index (κ3) is 6.80. The van der Waals surface area contributed by atoms with Crippen LogP contribution >= 0.6 is 11.6 Å². The quantitative estimate of drug-likeness (QED) is 0.584. The van der Waals surface area contributed by atoms with E-state index < -0.39 is 11.5 Å². The van der Waals surface area contributed by atoms with Crippen LogP contribution in [0, 0.1) is 11.8 Å². The van der Waals surface area contributed by atoms with Gasteiger partial charge in [-0.1, -0.05) is 51.4 Å². The minimum absolute atomic E-state index is 0.404. The van der Waals surface area contributed by atoms with Crippen molar-refractivity contribution >= 4 is 23.2 Å². The molecule has 3 N–H and O–H groups in total. The third-order valence-corrected chi connectivity index (χ3v) is 4.21. The van der Waals surface area contributed by atoms with Gasteiger partial charge in [-0.3, -0.25) is 15.6 Å². The molecule has 0 saturated heterocycles. The molecule has 0 aliphatic carbocycles. The van der Waals surface area contributed by atoms with Crippen LogP contribution in [0.3, 0.4) is 0 Å². The fourth-order valence-electron chi connectivity index (χ4n) is 2.21. The average molecular weight is 341 g/mol. The van der Waals surface area contributed by atoms with Gasteiger partial charge in [0.15, 0.2) is 0 Å². The maximum Gasteiger partial charge on any atom is 0.270 e. The molecule has 23 heavy (non-hydrogen) atoms. The minimum Gasteiger partial charge on any atom is -0.380 e. The Morgan fingerprint density at radius 1 is 1.13 bits per heavy atom. The van der Waals surface area contributed by atoms with Crippen molar-refractivity contribution in [2.45, 2.75) is 59.0 Å². The molecule has 0 aliphatic heterocycles. The number of rotatable bonds is 9. The van der Waals surface area contributed by atoms with Crippen LogP contribution in [0.15, 0.2) is 24.3 Å². The lowest BCUT2D eigenvalue weighted by Crippen LogP contribution is -2.49. The van der Waals surface area contributed by atoms with E-state index in [0.29, 0.717) is 35.4 Å². The minimum atomic E-state index is -1.36. The van der Waals surface area contributed by atoms with E-state index in [1.54, 1.807) is 12.1 Å². The summed E-state index contributed by atoms with van der Waals surface area (Å²) in [6.45, 7) is 8.34. The summed E-state index contributed by atoms with van der Waals surface area (Å²) < 4.78 is 0. The molecule has 0 fully saturated rings. The van der Waals surface area contributed by atoms with Crippen LogP contribution in [0.1, 0.15) is 53.4 Å². The summed E-state index contributed by atoms with van der Waals surface area (Å²) in [4.78, 5) is 12.5. The van der Waals surface area contributed by atoms with Gasteiger partial charge in [0.05, 0.1) is 10.7 Å². The number of hydrogen-bond acceptors (Lipinski definition) is 3. The summed E-state index contributed by atoms with van der Waals surface area (Å²) in [5.41, 5.74) is 4.66. The first kappa shape index (κ1) is 19.8. The predicted octanol–water partition coefficient (Wildman–Crippen LogP) is 4.39. The number of benzene rings is 1. The lowest BCUT2D eigenvalue weighted by atomic mass is 9.86. The fourth-order valence-corrected chi connectivity index (χ4v) is 2.39. The van der Waals surface area contributed by atoms with Crippen LogP contribution in [-0.2, 0) is 4.79 Å². The van der Waals surface area contributed by atoms with Gasteiger partial charge in [-0.05, 0) is 49.7 Å². The van der Waals surface area contributed by atoms with Crippen LogP contribution in [0.25, 0.3) is 0 Å². The molecule has 0 atom stereocenters. The molecule has 0 bridgehead atoms. The van der Waals surface area contributed by atoms with E-state index in [1.807, 2.05) is 12.1 Å². The van der Waals surface area contributed by atoms with Gasteiger partial charge in [-0.25, -0.2) is 0 Å². The van der Waals surface area contributed by atoms with Gasteiger partial charge in [0.1, 0.15) is 5.60 Å². The van der Waals surface area contributed by atoms with E-state index in [0.717, 1.165) is 12.8 Å². The number of hydrogen-bond donors (Lipinski definition) is 3. The summed E-state index contributed by atoms with van der Waals surface area (Å²) >= 11 is 6.05. The van der Waals surface area contributed by atoms with Gasteiger partial charge < -0.3 is 5.11 Å². The highest BCUT2D eigenvalue weighted by molar-refractivity contribution is 6.33. The normalized spacial score (nSPS) is 11.8. The fraction of sp³-hybridized carbons (Fsp3) is 0.611. The Balaban J connectivity index is 2.71. The van der Waals surface area contributed by atoms with E-state index in [9.17, 15) is 9.90 Å². The Bertz CT molecular complexity index is 492. The topological polar surface area (TPSA) is 61.4 Å². The van der Waals surface area contributed by atoms with Crippen molar-refractivity contribution in [1.82, 2.24) is 5.43 Å². The lowest BCUT2D eigenvalue weighted by Gasteiger charge is -2.28. The molecule has 0 spiro atoms. The SMILES string of the molecule is CC(C)CCC(O)(CCC(C)C)C(=O)NNc1ccccc1Cl. The first-order valence-electron chi connectivity index (χ1n) is 8.28. The van der Waals surface area contributed by atoms with E-state index in [4.69, 9.17) is 11.6 Å². The summed E-state index contributed by atoms with van der Waals surface area (Å²) in [7, 11) is 0. The highest BCUT2D eigenvalue weighted by Crippen LogP contribution is 2.25. The van der Waals surface area contributed by atoms with Crippen LogP contribution in [-0.4, -0.2) is 16.6 Å². The number of anilines is 1. The molecule has 0 aromatic heterocycles. The van der Waals surface area contributed by atoms with Gasteiger partial charge >= 0.3 is 0 Å². The van der Waals surface area contributed by atoms with Crippen LogP contribution in [0.2, 0.25) is 5.02 Å². The first-order chi connectivity index (χ1) is 10.7. The largest absolute Gasteiger partial charge is 0.380 e. The predicted molar refractivity (Wildman–Crippen MR) is 96.3 cm³/mol. The standard InChI is InChI=1S/C18H29ClN2O2/c1-13(2)9-11-18(23,12-10-14(3)4)17(22)21-20-16-8-6-5-7-15(16)19/h5-8,13-14,20,23H,9-12H2,1-4H3,(H,21,22). The van der Waals surface area contributed by atoms with Crippen LogP contribution in [0.4, 0.5) is 5.69 Å². The second kappa shape index (κ2) is 9.14. The van der Waals surface area contributed by atoms with Gasteiger partial charge in [0, 0.05) is 0 Å².